The summed E-state index contributed by atoms with van der Waals surface area (Å²) >= 11 is 0. The van der Waals surface area contributed by atoms with Crippen LogP contribution in [0.1, 0.15) is 22.5 Å². The molecular formula is C18H25N3O2. The SMILES string of the molecule is Cc1ccc2c(c1)cc(C(=O)NCCCN1CCOCC1)n2C. The second kappa shape index (κ2) is 7.15. The Kier molecular flexibility index (Phi) is 4.98. The number of nitrogens with one attached hydrogen (secondary N) is 1. The number of aryl methyl sites for hydroxylation is 2. The highest BCUT2D eigenvalue weighted by molar-refractivity contribution is 5.98. The van der Waals surface area contributed by atoms with Crippen molar-refractivity contribution in [1.29, 1.82) is 0 Å². The summed E-state index contributed by atoms with van der Waals surface area (Å²) in [5.74, 6) is 0.00308. The van der Waals surface area contributed by atoms with Crippen molar-refractivity contribution in [3.8, 4) is 0 Å². The van der Waals surface area contributed by atoms with Crippen molar-refractivity contribution in [2.75, 3.05) is 39.4 Å². The van der Waals surface area contributed by atoms with E-state index in [0.717, 1.165) is 55.9 Å². The molecule has 0 spiro atoms. The molecule has 1 aromatic heterocycles. The van der Waals surface area contributed by atoms with Gasteiger partial charge in [0.25, 0.3) is 5.91 Å². The first-order valence-electron chi connectivity index (χ1n) is 8.29. The molecule has 3 rings (SSSR count). The van der Waals surface area contributed by atoms with Gasteiger partial charge in [-0.25, -0.2) is 0 Å². The number of carbonyl (C=O) groups is 1. The van der Waals surface area contributed by atoms with Gasteiger partial charge in [-0.05, 0) is 38.1 Å². The maximum Gasteiger partial charge on any atom is 0.267 e. The summed E-state index contributed by atoms with van der Waals surface area (Å²) in [5, 5.41) is 4.15. The normalized spacial score (nSPS) is 15.9. The first-order valence-corrected chi connectivity index (χ1v) is 8.29. The van der Waals surface area contributed by atoms with Gasteiger partial charge in [0.15, 0.2) is 0 Å². The molecule has 2 heterocycles. The Hall–Kier alpha value is -1.85. The van der Waals surface area contributed by atoms with E-state index in [4.69, 9.17) is 4.74 Å². The van der Waals surface area contributed by atoms with Crippen LogP contribution < -0.4 is 5.32 Å². The second-order valence-corrected chi connectivity index (χ2v) is 6.21. The topological polar surface area (TPSA) is 46.5 Å². The molecule has 1 saturated heterocycles. The fraction of sp³-hybridized carbons (Fsp3) is 0.500. The van der Waals surface area contributed by atoms with E-state index in [2.05, 4.69) is 35.3 Å². The molecule has 124 valence electrons. The molecule has 0 bridgehead atoms. The van der Waals surface area contributed by atoms with E-state index >= 15 is 0 Å². The molecule has 0 saturated carbocycles. The molecule has 1 amide bonds. The van der Waals surface area contributed by atoms with Crippen LogP contribution in [0.3, 0.4) is 0 Å². The first kappa shape index (κ1) is 16.0. The predicted octanol–water partition coefficient (Wildman–Crippen LogP) is 1.94. The van der Waals surface area contributed by atoms with Crippen LogP contribution in [0.4, 0.5) is 0 Å². The second-order valence-electron chi connectivity index (χ2n) is 6.21. The molecule has 2 aromatic rings. The van der Waals surface area contributed by atoms with Gasteiger partial charge >= 0.3 is 0 Å². The van der Waals surface area contributed by atoms with Gasteiger partial charge in [0.2, 0.25) is 0 Å². The van der Waals surface area contributed by atoms with Crippen LogP contribution in [-0.2, 0) is 11.8 Å². The van der Waals surface area contributed by atoms with Gasteiger partial charge in [0, 0.05) is 37.6 Å². The minimum absolute atomic E-state index is 0.00308. The van der Waals surface area contributed by atoms with Gasteiger partial charge in [-0.2, -0.15) is 0 Å². The summed E-state index contributed by atoms with van der Waals surface area (Å²) in [4.78, 5) is 14.8. The van der Waals surface area contributed by atoms with Gasteiger partial charge in [-0.15, -0.1) is 0 Å². The number of rotatable bonds is 5. The predicted molar refractivity (Wildman–Crippen MR) is 91.9 cm³/mol. The van der Waals surface area contributed by atoms with Crippen molar-refractivity contribution in [2.45, 2.75) is 13.3 Å². The number of fused-ring (bicyclic) bond motifs is 1. The fourth-order valence-corrected chi connectivity index (χ4v) is 3.11. The average molecular weight is 315 g/mol. The third kappa shape index (κ3) is 3.74. The molecule has 1 N–H and O–H groups in total. The Labute approximate surface area is 137 Å². The zero-order chi connectivity index (χ0) is 16.2. The van der Waals surface area contributed by atoms with Crippen molar-refractivity contribution in [3.63, 3.8) is 0 Å². The number of hydrogen-bond donors (Lipinski definition) is 1. The third-order valence-corrected chi connectivity index (χ3v) is 4.47. The molecular weight excluding hydrogens is 290 g/mol. The molecule has 1 aromatic carbocycles. The first-order chi connectivity index (χ1) is 11.1. The Morgan fingerprint density at radius 2 is 2.04 bits per heavy atom. The number of carbonyl (C=O) groups excluding carboxylic acids is 1. The highest BCUT2D eigenvalue weighted by Crippen LogP contribution is 2.20. The lowest BCUT2D eigenvalue weighted by atomic mass is 10.2. The summed E-state index contributed by atoms with van der Waals surface area (Å²) in [6.45, 7) is 7.42. The maximum atomic E-state index is 12.4. The maximum absolute atomic E-state index is 12.4. The number of nitrogens with zero attached hydrogens (tertiary/aromatic N) is 2. The molecule has 0 radical (unpaired) electrons. The molecule has 1 fully saturated rings. The third-order valence-electron chi connectivity index (χ3n) is 4.47. The standard InChI is InChI=1S/C18H25N3O2/c1-14-4-5-16-15(12-14)13-17(20(16)2)18(22)19-6-3-7-21-8-10-23-11-9-21/h4-5,12-13H,3,6-11H2,1-2H3,(H,19,22). The molecule has 1 aliphatic rings. The summed E-state index contributed by atoms with van der Waals surface area (Å²) in [7, 11) is 1.94. The monoisotopic (exact) mass is 315 g/mol. The summed E-state index contributed by atoms with van der Waals surface area (Å²) in [5.41, 5.74) is 3.02. The smallest absolute Gasteiger partial charge is 0.267 e. The molecule has 5 nitrogen and oxygen atoms in total. The summed E-state index contributed by atoms with van der Waals surface area (Å²) < 4.78 is 7.30. The quantitative estimate of drug-likeness (QED) is 0.858. The minimum atomic E-state index is 0.00308. The Morgan fingerprint density at radius 1 is 1.26 bits per heavy atom. The number of benzene rings is 1. The highest BCUT2D eigenvalue weighted by Gasteiger charge is 2.13. The minimum Gasteiger partial charge on any atom is -0.379 e. The van der Waals surface area contributed by atoms with Crippen LogP contribution in [0.5, 0.6) is 0 Å². The Balaban J connectivity index is 1.54. The number of aromatic nitrogens is 1. The van der Waals surface area contributed by atoms with Crippen LogP contribution >= 0.6 is 0 Å². The van der Waals surface area contributed by atoms with Crippen molar-refractivity contribution in [1.82, 2.24) is 14.8 Å². The van der Waals surface area contributed by atoms with E-state index in [1.807, 2.05) is 17.7 Å². The summed E-state index contributed by atoms with van der Waals surface area (Å²) in [6.07, 6.45) is 0.967. The van der Waals surface area contributed by atoms with Gasteiger partial charge in [0.1, 0.15) is 5.69 Å². The Morgan fingerprint density at radius 3 is 2.83 bits per heavy atom. The van der Waals surface area contributed by atoms with Crippen LogP contribution in [0.15, 0.2) is 24.3 Å². The number of hydrogen-bond acceptors (Lipinski definition) is 3. The summed E-state index contributed by atoms with van der Waals surface area (Å²) in [6, 6.07) is 8.23. The van der Waals surface area contributed by atoms with Crippen molar-refractivity contribution < 1.29 is 9.53 Å². The number of morpholine rings is 1. The Bertz CT molecular complexity index is 687. The van der Waals surface area contributed by atoms with E-state index in [9.17, 15) is 4.79 Å². The van der Waals surface area contributed by atoms with Crippen LogP contribution in [0.25, 0.3) is 10.9 Å². The number of amides is 1. The van der Waals surface area contributed by atoms with Gasteiger partial charge in [-0.1, -0.05) is 11.6 Å². The lowest BCUT2D eigenvalue weighted by molar-refractivity contribution is 0.0374. The molecule has 0 unspecified atom stereocenters. The molecule has 23 heavy (non-hydrogen) atoms. The van der Waals surface area contributed by atoms with E-state index in [1.165, 1.54) is 5.56 Å². The zero-order valence-corrected chi connectivity index (χ0v) is 14.0. The highest BCUT2D eigenvalue weighted by atomic mass is 16.5. The lowest BCUT2D eigenvalue weighted by Gasteiger charge is -2.26. The average Bonchev–Trinajstić information content (AvgIpc) is 2.88. The zero-order valence-electron chi connectivity index (χ0n) is 14.0. The van der Waals surface area contributed by atoms with Crippen molar-refractivity contribution >= 4 is 16.8 Å². The molecule has 5 heteroatoms. The van der Waals surface area contributed by atoms with Gasteiger partial charge < -0.3 is 14.6 Å². The molecule has 0 aliphatic carbocycles. The van der Waals surface area contributed by atoms with Crippen molar-refractivity contribution in [3.05, 3.63) is 35.5 Å². The van der Waals surface area contributed by atoms with Gasteiger partial charge in [-0.3, -0.25) is 9.69 Å². The van der Waals surface area contributed by atoms with E-state index in [0.29, 0.717) is 6.54 Å². The van der Waals surface area contributed by atoms with Crippen LogP contribution in [-0.4, -0.2) is 54.8 Å². The van der Waals surface area contributed by atoms with Gasteiger partial charge in [0.05, 0.1) is 13.2 Å². The molecule has 1 aliphatic heterocycles. The van der Waals surface area contributed by atoms with Crippen molar-refractivity contribution in [2.24, 2.45) is 7.05 Å². The number of ether oxygens (including phenoxy) is 1. The van der Waals surface area contributed by atoms with E-state index in [1.54, 1.807) is 0 Å². The van der Waals surface area contributed by atoms with E-state index in [-0.39, 0.29) is 5.91 Å². The lowest BCUT2D eigenvalue weighted by Crippen LogP contribution is -2.38. The fourth-order valence-electron chi connectivity index (χ4n) is 3.11. The largest absolute Gasteiger partial charge is 0.379 e. The van der Waals surface area contributed by atoms with Crippen LogP contribution in [0, 0.1) is 6.92 Å². The van der Waals surface area contributed by atoms with Crippen LogP contribution in [0.2, 0.25) is 0 Å². The van der Waals surface area contributed by atoms with E-state index < -0.39 is 0 Å². The molecule has 0 atom stereocenters.